The van der Waals surface area contributed by atoms with Crippen LogP contribution in [0.4, 0.5) is 0 Å². The van der Waals surface area contributed by atoms with E-state index in [4.69, 9.17) is 0 Å². The van der Waals surface area contributed by atoms with E-state index in [-0.39, 0.29) is 32.5 Å². The Morgan fingerprint density at radius 3 is 0.913 bits per heavy atom. The molecule has 3 aromatic heterocycles. The number of hydrogen-bond acceptors (Lipinski definition) is 3. The molecule has 0 fully saturated rings. The minimum absolute atomic E-state index is 0.129. The Morgan fingerprint density at radius 2 is 0.717 bits per heavy atom. The van der Waals surface area contributed by atoms with Crippen LogP contribution in [-0.2, 0) is 32.5 Å². The molecule has 0 spiro atoms. The zero-order chi connectivity index (χ0) is 37.5. The Bertz CT molecular complexity index is 1030. The van der Waals surface area contributed by atoms with Crippen LogP contribution in [-0.4, -0.2) is 25.4 Å². The van der Waals surface area contributed by atoms with Crippen molar-refractivity contribution < 1.29 is 0 Å². The van der Waals surface area contributed by atoms with Gasteiger partial charge < -0.3 is 0 Å². The summed E-state index contributed by atoms with van der Waals surface area (Å²) in [4.78, 5) is 4.52. The van der Waals surface area contributed by atoms with Gasteiger partial charge >= 0.3 is 0 Å². The molecule has 3 heterocycles. The molecule has 0 bridgehead atoms. The third kappa shape index (κ3) is 16.4. The normalized spacial score (nSPS) is 11.9. The van der Waals surface area contributed by atoms with Crippen molar-refractivity contribution in [2.24, 2.45) is 0 Å². The maximum Gasteiger partial charge on any atom is 0.0527 e. The molecule has 0 aliphatic rings. The van der Waals surface area contributed by atoms with Crippen LogP contribution in [0.3, 0.4) is 0 Å². The smallest absolute Gasteiger partial charge is 0.0527 e. The van der Waals surface area contributed by atoms with Gasteiger partial charge in [-0.2, -0.15) is 10.2 Å². The van der Waals surface area contributed by atoms with Crippen molar-refractivity contribution in [2.75, 3.05) is 0 Å². The second kappa shape index (κ2) is 19.4. The predicted molar refractivity (Wildman–Crippen MR) is 208 cm³/mol. The molecular formula is C41H79N5. The molecule has 0 amide bonds. The number of aromatic amines is 2. The Hall–Kier alpha value is -2.43. The minimum Gasteiger partial charge on any atom is -0.282 e. The number of hydrogen-bond donors (Lipinski definition) is 2. The summed E-state index contributed by atoms with van der Waals surface area (Å²) in [5.41, 5.74) is 8.67. The molecular weight excluding hydrogens is 562 g/mol. The highest BCUT2D eigenvalue weighted by atomic mass is 15.1. The third-order valence-corrected chi connectivity index (χ3v) is 6.72. The van der Waals surface area contributed by atoms with Crippen molar-refractivity contribution in [2.45, 2.75) is 199 Å². The summed E-state index contributed by atoms with van der Waals surface area (Å²) in [5.74, 6) is 0. The fourth-order valence-electron chi connectivity index (χ4n) is 4.46. The Morgan fingerprint density at radius 1 is 0.413 bits per heavy atom. The maximum atomic E-state index is 4.52. The first kappa shape index (κ1) is 48.0. The van der Waals surface area contributed by atoms with Crippen LogP contribution in [0.1, 0.15) is 200 Å². The van der Waals surface area contributed by atoms with Gasteiger partial charge in [0, 0.05) is 39.5 Å². The zero-order valence-corrected chi connectivity index (χ0v) is 35.2. The van der Waals surface area contributed by atoms with E-state index in [0.29, 0.717) is 0 Å². The molecule has 0 unspecified atom stereocenters. The van der Waals surface area contributed by atoms with E-state index in [1.165, 1.54) is 33.8 Å². The Balaban J connectivity index is -0.000000556. The summed E-state index contributed by atoms with van der Waals surface area (Å²) >= 11 is 0. The largest absolute Gasteiger partial charge is 0.282 e. The lowest BCUT2D eigenvalue weighted by molar-refractivity contribution is 0.514. The van der Waals surface area contributed by atoms with Crippen LogP contribution < -0.4 is 0 Å². The highest BCUT2D eigenvalue weighted by molar-refractivity contribution is 5.32. The minimum atomic E-state index is 0.129. The number of nitrogens with one attached hydrogen (secondary N) is 2. The summed E-state index contributed by atoms with van der Waals surface area (Å²) in [6.07, 6.45) is 5.77. The summed E-state index contributed by atoms with van der Waals surface area (Å²) < 4.78 is 0. The number of pyridine rings is 1. The third-order valence-electron chi connectivity index (χ3n) is 6.72. The fraction of sp³-hybridized carbons (Fsp3) is 0.732. The SMILES string of the molecule is CC.CC.CC.CC(C)(C)c1cccnc1C(C)(C)C.CC(C)(C)c1cn[nH]c1C(C)(C)C.CC(C)(C)c1cn[nH]c1C(C)(C)C. The first-order chi connectivity index (χ1) is 20.7. The van der Waals surface area contributed by atoms with Crippen molar-refractivity contribution in [1.82, 2.24) is 25.4 Å². The van der Waals surface area contributed by atoms with Crippen LogP contribution in [0.25, 0.3) is 0 Å². The highest BCUT2D eigenvalue weighted by Gasteiger charge is 2.28. The van der Waals surface area contributed by atoms with Crippen LogP contribution in [0.5, 0.6) is 0 Å². The molecule has 268 valence electrons. The van der Waals surface area contributed by atoms with E-state index < -0.39 is 0 Å². The molecule has 5 nitrogen and oxygen atoms in total. The number of H-pyrrole nitrogens is 2. The van der Waals surface area contributed by atoms with E-state index in [1.54, 1.807) is 0 Å². The van der Waals surface area contributed by atoms with Crippen molar-refractivity contribution in [1.29, 1.82) is 0 Å². The fourth-order valence-corrected chi connectivity index (χ4v) is 4.46. The zero-order valence-electron chi connectivity index (χ0n) is 35.2. The molecule has 0 radical (unpaired) electrons. The van der Waals surface area contributed by atoms with Crippen molar-refractivity contribution in [3.63, 3.8) is 0 Å². The van der Waals surface area contributed by atoms with Crippen molar-refractivity contribution >= 4 is 0 Å². The van der Waals surface area contributed by atoms with E-state index in [9.17, 15) is 0 Å². The van der Waals surface area contributed by atoms with Gasteiger partial charge in [-0.1, -0.05) is 172 Å². The molecule has 2 N–H and O–H groups in total. The number of rotatable bonds is 0. The topological polar surface area (TPSA) is 70.2 Å². The number of aromatic nitrogens is 5. The lowest BCUT2D eigenvalue weighted by atomic mass is 9.78. The monoisotopic (exact) mass is 642 g/mol. The second-order valence-corrected chi connectivity index (χ2v) is 17.2. The van der Waals surface area contributed by atoms with Gasteiger partial charge in [-0.3, -0.25) is 15.2 Å². The Kier molecular flexibility index (Phi) is 20.2. The average Bonchev–Trinajstić information content (AvgIpc) is 3.63. The first-order valence-corrected chi connectivity index (χ1v) is 17.7. The lowest BCUT2D eigenvalue weighted by Gasteiger charge is -2.28. The predicted octanol–water partition coefficient (Wildman–Crippen LogP) is 12.8. The van der Waals surface area contributed by atoms with Crippen molar-refractivity contribution in [3.05, 3.63) is 64.5 Å². The summed E-state index contributed by atoms with van der Waals surface area (Å²) in [6, 6.07) is 4.21. The van der Waals surface area contributed by atoms with Gasteiger partial charge in [0.25, 0.3) is 0 Å². The van der Waals surface area contributed by atoms with Gasteiger partial charge in [0.05, 0.1) is 12.4 Å². The quantitative estimate of drug-likeness (QED) is 0.256. The Labute approximate surface area is 288 Å². The lowest BCUT2D eigenvalue weighted by Crippen LogP contribution is -2.23. The van der Waals surface area contributed by atoms with Gasteiger partial charge in [0.2, 0.25) is 0 Å². The van der Waals surface area contributed by atoms with Crippen LogP contribution >= 0.6 is 0 Å². The van der Waals surface area contributed by atoms with Gasteiger partial charge in [-0.05, 0) is 39.0 Å². The van der Waals surface area contributed by atoms with Gasteiger partial charge in [0.15, 0.2) is 0 Å². The molecule has 5 heteroatoms. The molecule has 0 aliphatic heterocycles. The molecule has 0 aliphatic carbocycles. The highest BCUT2D eigenvalue weighted by Crippen LogP contribution is 2.33. The molecule has 0 saturated carbocycles. The first-order valence-electron chi connectivity index (χ1n) is 17.7. The second-order valence-electron chi connectivity index (χ2n) is 17.2. The standard InChI is InChI=1S/C13H21N.2C11H20N2.3C2H6/c1-12(2,3)10-8-7-9-14-11(10)13(4,5)6;2*1-10(2,3)8-7-12-13-9(8)11(4,5)6;3*1-2/h7-9H,1-6H3;2*7H,1-6H3,(H,12,13);3*1-2H3. The average molecular weight is 642 g/mol. The van der Waals surface area contributed by atoms with Gasteiger partial charge in [0.1, 0.15) is 0 Å². The molecule has 0 saturated heterocycles. The van der Waals surface area contributed by atoms with E-state index >= 15 is 0 Å². The van der Waals surface area contributed by atoms with E-state index in [0.717, 1.165) is 0 Å². The summed E-state index contributed by atoms with van der Waals surface area (Å²) in [7, 11) is 0. The van der Waals surface area contributed by atoms with Crippen LogP contribution in [0.2, 0.25) is 0 Å². The van der Waals surface area contributed by atoms with E-state index in [2.05, 4.69) is 156 Å². The van der Waals surface area contributed by atoms with E-state index in [1.807, 2.05) is 66.2 Å². The summed E-state index contributed by atoms with van der Waals surface area (Å²) in [6.45, 7) is 51.9. The van der Waals surface area contributed by atoms with Crippen LogP contribution in [0.15, 0.2) is 30.7 Å². The number of nitrogens with zero attached hydrogens (tertiary/aromatic N) is 3. The van der Waals surface area contributed by atoms with Crippen molar-refractivity contribution in [3.8, 4) is 0 Å². The molecule has 3 aromatic rings. The maximum absolute atomic E-state index is 4.52. The molecule has 0 atom stereocenters. The summed E-state index contributed by atoms with van der Waals surface area (Å²) in [5, 5.41) is 14.5. The molecule has 3 rings (SSSR count). The van der Waals surface area contributed by atoms with Gasteiger partial charge in [-0.15, -0.1) is 0 Å². The van der Waals surface area contributed by atoms with Crippen LogP contribution in [0, 0.1) is 0 Å². The molecule has 0 aromatic carbocycles. The van der Waals surface area contributed by atoms with Gasteiger partial charge in [-0.25, -0.2) is 0 Å². The molecule has 46 heavy (non-hydrogen) atoms.